The molecule has 3 rings (SSSR count). The van der Waals surface area contributed by atoms with Gasteiger partial charge >= 0.3 is 0 Å². The predicted octanol–water partition coefficient (Wildman–Crippen LogP) is 3.21. The Balaban J connectivity index is 1.56. The van der Waals surface area contributed by atoms with E-state index in [1.54, 1.807) is 13.2 Å². The van der Waals surface area contributed by atoms with E-state index in [0.29, 0.717) is 10.9 Å². The van der Waals surface area contributed by atoms with E-state index in [2.05, 4.69) is 9.62 Å². The molecule has 1 saturated heterocycles. The fraction of sp³-hybridized carbons (Fsp3) is 0.375. The number of methoxy groups -OCH3 is 1. The van der Waals surface area contributed by atoms with Gasteiger partial charge in [0.15, 0.2) is 0 Å². The van der Waals surface area contributed by atoms with Crippen LogP contribution >= 0.6 is 22.9 Å². The molecule has 0 spiro atoms. The van der Waals surface area contributed by atoms with Crippen LogP contribution in [0.3, 0.4) is 0 Å². The molecule has 5 nitrogen and oxygen atoms in total. The Labute approximate surface area is 151 Å². The van der Waals surface area contributed by atoms with Crippen molar-refractivity contribution >= 4 is 38.6 Å². The fourth-order valence-corrected chi connectivity index (χ4v) is 5.41. The molecular weight excluding hydrogens is 368 g/mol. The van der Waals surface area contributed by atoms with Crippen LogP contribution in [-0.4, -0.2) is 35.2 Å². The molecule has 1 aliphatic rings. The van der Waals surface area contributed by atoms with Gasteiger partial charge in [0.1, 0.15) is 9.96 Å². The molecule has 1 N–H and O–H groups in total. The van der Waals surface area contributed by atoms with E-state index in [1.807, 2.05) is 24.3 Å². The number of nitrogens with one attached hydrogen (secondary N) is 1. The van der Waals surface area contributed by atoms with Crippen LogP contribution in [0.25, 0.3) is 0 Å². The lowest BCUT2D eigenvalue weighted by molar-refractivity contribution is 0.415. The fourth-order valence-electron chi connectivity index (χ4n) is 2.77. The van der Waals surface area contributed by atoms with Crippen molar-refractivity contribution in [2.75, 3.05) is 31.6 Å². The van der Waals surface area contributed by atoms with Gasteiger partial charge in [-0.15, -0.1) is 11.3 Å². The van der Waals surface area contributed by atoms with Crippen molar-refractivity contribution < 1.29 is 13.2 Å². The maximum absolute atomic E-state index is 12.2. The number of hydrogen-bond acceptors (Lipinski definition) is 5. The second-order valence-electron chi connectivity index (χ2n) is 5.71. The van der Waals surface area contributed by atoms with Crippen LogP contribution in [0.5, 0.6) is 5.75 Å². The Bertz CT molecular complexity index is 790. The molecule has 130 valence electrons. The van der Waals surface area contributed by atoms with Crippen molar-refractivity contribution in [3.63, 3.8) is 0 Å². The van der Waals surface area contributed by atoms with E-state index in [-0.39, 0.29) is 10.1 Å². The van der Waals surface area contributed by atoms with Crippen LogP contribution in [0.4, 0.5) is 5.69 Å². The highest BCUT2D eigenvalue weighted by atomic mass is 35.5. The second-order valence-corrected chi connectivity index (χ2v) is 9.42. The number of hydrogen-bond donors (Lipinski definition) is 1. The van der Waals surface area contributed by atoms with Gasteiger partial charge in [0, 0.05) is 25.3 Å². The van der Waals surface area contributed by atoms with Crippen molar-refractivity contribution in [1.29, 1.82) is 0 Å². The van der Waals surface area contributed by atoms with Crippen LogP contribution < -0.4 is 14.4 Å². The molecule has 0 saturated carbocycles. The smallest absolute Gasteiger partial charge is 0.250 e. The zero-order valence-electron chi connectivity index (χ0n) is 13.2. The number of ether oxygens (including phenoxy) is 1. The zero-order valence-corrected chi connectivity index (χ0v) is 15.6. The molecule has 1 aliphatic heterocycles. The topological polar surface area (TPSA) is 58.6 Å². The van der Waals surface area contributed by atoms with E-state index >= 15 is 0 Å². The minimum atomic E-state index is -3.47. The molecule has 1 aromatic carbocycles. The van der Waals surface area contributed by atoms with E-state index in [1.165, 1.54) is 6.07 Å². The summed E-state index contributed by atoms with van der Waals surface area (Å²) in [5.41, 5.74) is 1.13. The monoisotopic (exact) mass is 386 g/mol. The molecule has 0 amide bonds. The summed E-state index contributed by atoms with van der Waals surface area (Å²) >= 11 is 6.88. The highest BCUT2D eigenvalue weighted by molar-refractivity contribution is 7.91. The summed E-state index contributed by atoms with van der Waals surface area (Å²) in [6.45, 7) is 2.19. The molecule has 24 heavy (non-hydrogen) atoms. The van der Waals surface area contributed by atoms with Crippen LogP contribution in [-0.2, 0) is 10.0 Å². The van der Waals surface area contributed by atoms with Crippen molar-refractivity contribution in [1.82, 2.24) is 4.72 Å². The largest absolute Gasteiger partial charge is 0.497 e. The highest BCUT2D eigenvalue weighted by Crippen LogP contribution is 2.27. The third kappa shape index (κ3) is 4.03. The first kappa shape index (κ1) is 17.5. The van der Waals surface area contributed by atoms with E-state index in [9.17, 15) is 8.42 Å². The number of anilines is 1. The van der Waals surface area contributed by atoms with Gasteiger partial charge in [0.2, 0.25) is 10.0 Å². The van der Waals surface area contributed by atoms with Gasteiger partial charge in [0.05, 0.1) is 11.4 Å². The molecule has 1 fully saturated rings. The van der Waals surface area contributed by atoms with Gasteiger partial charge in [-0.1, -0.05) is 11.6 Å². The van der Waals surface area contributed by atoms with Crippen LogP contribution in [0.2, 0.25) is 4.34 Å². The lowest BCUT2D eigenvalue weighted by Crippen LogP contribution is -2.30. The molecule has 1 atom stereocenters. The standard InChI is InChI=1S/C16H19ClN2O3S2/c1-22-14-4-2-13(3-5-14)19-9-8-12(11-19)10-18-24(20,21)16-7-6-15(17)23-16/h2-7,12,18H,8-11H2,1H3. The Hall–Kier alpha value is -1.28. The number of thiophene rings is 1. The van der Waals surface area contributed by atoms with Gasteiger partial charge in [-0.2, -0.15) is 0 Å². The molecule has 8 heteroatoms. The SMILES string of the molecule is COc1ccc(N2CCC(CNS(=O)(=O)c3ccc(Cl)s3)C2)cc1. The third-order valence-corrected chi connectivity index (χ3v) is 7.25. The van der Waals surface area contributed by atoms with Gasteiger partial charge in [-0.25, -0.2) is 13.1 Å². The number of halogens is 1. The van der Waals surface area contributed by atoms with Gasteiger partial charge in [-0.05, 0) is 48.7 Å². The summed E-state index contributed by atoms with van der Waals surface area (Å²) in [5.74, 6) is 1.12. The normalized spacial score (nSPS) is 18.1. The van der Waals surface area contributed by atoms with E-state index in [0.717, 1.165) is 42.3 Å². The highest BCUT2D eigenvalue weighted by Gasteiger charge is 2.25. The first-order valence-electron chi connectivity index (χ1n) is 7.62. The summed E-state index contributed by atoms with van der Waals surface area (Å²) in [6.07, 6.45) is 0.958. The van der Waals surface area contributed by atoms with Crippen molar-refractivity contribution in [2.24, 2.45) is 5.92 Å². The minimum absolute atomic E-state index is 0.262. The molecule has 1 unspecified atom stereocenters. The quantitative estimate of drug-likeness (QED) is 0.828. The summed E-state index contributed by atoms with van der Waals surface area (Å²) in [7, 11) is -1.82. The Morgan fingerprint density at radius 3 is 2.67 bits per heavy atom. The average Bonchev–Trinajstić information content (AvgIpc) is 3.22. The molecule has 0 bridgehead atoms. The summed E-state index contributed by atoms with van der Waals surface area (Å²) < 4.78 is 33.1. The van der Waals surface area contributed by atoms with Crippen LogP contribution in [0.15, 0.2) is 40.6 Å². The molecule has 0 aliphatic carbocycles. The lowest BCUT2D eigenvalue weighted by atomic mass is 10.1. The zero-order chi connectivity index (χ0) is 17.2. The van der Waals surface area contributed by atoms with Gasteiger partial charge in [-0.3, -0.25) is 0 Å². The predicted molar refractivity (Wildman–Crippen MR) is 97.8 cm³/mol. The Kier molecular flexibility index (Phi) is 5.34. The van der Waals surface area contributed by atoms with Gasteiger partial charge < -0.3 is 9.64 Å². The maximum atomic E-state index is 12.2. The summed E-state index contributed by atoms with van der Waals surface area (Å²) in [6, 6.07) is 11.1. The van der Waals surface area contributed by atoms with E-state index in [4.69, 9.17) is 16.3 Å². The van der Waals surface area contributed by atoms with E-state index < -0.39 is 10.0 Å². The molecular formula is C16H19ClN2O3S2. The third-order valence-electron chi connectivity index (χ3n) is 4.10. The molecule has 0 radical (unpaired) electrons. The number of sulfonamides is 1. The van der Waals surface area contributed by atoms with Crippen molar-refractivity contribution in [2.45, 2.75) is 10.6 Å². The van der Waals surface area contributed by atoms with Crippen molar-refractivity contribution in [3.8, 4) is 5.75 Å². The van der Waals surface area contributed by atoms with Crippen LogP contribution in [0.1, 0.15) is 6.42 Å². The molecule has 1 aromatic heterocycles. The van der Waals surface area contributed by atoms with Crippen molar-refractivity contribution in [3.05, 3.63) is 40.7 Å². The summed E-state index contributed by atoms with van der Waals surface area (Å²) in [5, 5.41) is 0. The number of nitrogens with zero attached hydrogens (tertiary/aromatic N) is 1. The Morgan fingerprint density at radius 2 is 2.04 bits per heavy atom. The lowest BCUT2D eigenvalue weighted by Gasteiger charge is -2.19. The second kappa shape index (κ2) is 7.31. The molecule has 2 heterocycles. The summed E-state index contributed by atoms with van der Waals surface area (Å²) in [4.78, 5) is 2.26. The maximum Gasteiger partial charge on any atom is 0.250 e. The number of rotatable bonds is 6. The Morgan fingerprint density at radius 1 is 1.29 bits per heavy atom. The number of benzene rings is 1. The minimum Gasteiger partial charge on any atom is -0.497 e. The van der Waals surface area contributed by atoms with Crippen LogP contribution in [0, 0.1) is 5.92 Å². The first-order chi connectivity index (χ1) is 11.5. The first-order valence-corrected chi connectivity index (χ1v) is 10.3. The molecule has 2 aromatic rings. The van der Waals surface area contributed by atoms with Gasteiger partial charge in [0.25, 0.3) is 0 Å². The average molecular weight is 387 g/mol.